The van der Waals surface area contributed by atoms with Gasteiger partial charge in [0.2, 0.25) is 5.91 Å². The van der Waals surface area contributed by atoms with Gasteiger partial charge in [-0.2, -0.15) is 0 Å². The van der Waals surface area contributed by atoms with E-state index in [1.165, 1.54) is 11.6 Å². The summed E-state index contributed by atoms with van der Waals surface area (Å²) in [6, 6.07) is 16.8. The molecule has 1 atom stereocenters. The van der Waals surface area contributed by atoms with Crippen LogP contribution in [0.25, 0.3) is 0 Å². The number of nitrogens with one attached hydrogen (secondary N) is 3. The summed E-state index contributed by atoms with van der Waals surface area (Å²) in [5.41, 5.74) is 1.78. The molecular weight excluding hydrogens is 408 g/mol. The lowest BCUT2D eigenvalue weighted by molar-refractivity contribution is -0.384. The molecule has 32 heavy (non-hydrogen) atoms. The second kappa shape index (κ2) is 11.7. The molecular formula is C23H30N6O3. The monoisotopic (exact) mass is 438 g/mol. The van der Waals surface area contributed by atoms with E-state index < -0.39 is 4.92 Å². The Morgan fingerprint density at radius 3 is 2.62 bits per heavy atom. The van der Waals surface area contributed by atoms with Crippen molar-refractivity contribution in [1.29, 1.82) is 0 Å². The average Bonchev–Trinajstić information content (AvgIpc) is 3.17. The molecule has 1 unspecified atom stereocenters. The first kappa shape index (κ1) is 23.1. The van der Waals surface area contributed by atoms with Gasteiger partial charge in [-0.15, -0.1) is 0 Å². The van der Waals surface area contributed by atoms with Gasteiger partial charge in [0.1, 0.15) is 5.69 Å². The Labute approximate surface area is 188 Å². The summed E-state index contributed by atoms with van der Waals surface area (Å²) in [4.78, 5) is 29.2. The minimum absolute atomic E-state index is 0.0535. The summed E-state index contributed by atoms with van der Waals surface area (Å²) in [6.07, 6.45) is 1.40. The van der Waals surface area contributed by atoms with Crippen LogP contribution in [0.1, 0.15) is 12.0 Å². The summed E-state index contributed by atoms with van der Waals surface area (Å²) in [6.45, 7) is 3.18. The van der Waals surface area contributed by atoms with Gasteiger partial charge in [-0.25, -0.2) is 0 Å². The van der Waals surface area contributed by atoms with Gasteiger partial charge in [0.15, 0.2) is 5.96 Å². The molecule has 1 aliphatic heterocycles. The number of aliphatic imine (C=N–C) groups is 1. The smallest absolute Gasteiger partial charge is 0.292 e. The predicted molar refractivity (Wildman–Crippen MR) is 126 cm³/mol. The van der Waals surface area contributed by atoms with Crippen molar-refractivity contribution in [2.45, 2.75) is 12.8 Å². The van der Waals surface area contributed by atoms with Gasteiger partial charge < -0.3 is 20.9 Å². The minimum atomic E-state index is -0.401. The number of carbonyl (C=O) groups excluding carboxylic acids is 1. The first-order chi connectivity index (χ1) is 15.6. The van der Waals surface area contributed by atoms with E-state index in [1.807, 2.05) is 23.1 Å². The van der Waals surface area contributed by atoms with Gasteiger partial charge in [-0.3, -0.25) is 19.9 Å². The van der Waals surface area contributed by atoms with Crippen LogP contribution in [0.4, 0.5) is 11.4 Å². The van der Waals surface area contributed by atoms with Crippen molar-refractivity contribution in [3.05, 3.63) is 70.3 Å². The van der Waals surface area contributed by atoms with Crippen LogP contribution in [0.3, 0.4) is 0 Å². The van der Waals surface area contributed by atoms with Crippen molar-refractivity contribution in [3.8, 4) is 0 Å². The molecule has 0 saturated carbocycles. The molecule has 1 fully saturated rings. The minimum Gasteiger partial charge on any atom is -0.378 e. The second-order valence-corrected chi connectivity index (χ2v) is 7.73. The zero-order chi connectivity index (χ0) is 22.8. The van der Waals surface area contributed by atoms with E-state index in [0.717, 1.165) is 19.5 Å². The van der Waals surface area contributed by atoms with Crippen LogP contribution in [-0.2, 0) is 11.2 Å². The number of likely N-dealkylation sites (tertiary alicyclic amines) is 1. The molecule has 0 bridgehead atoms. The van der Waals surface area contributed by atoms with Crippen molar-refractivity contribution in [2.24, 2.45) is 10.9 Å². The summed E-state index contributed by atoms with van der Waals surface area (Å²) in [5.74, 6) is 1.08. The first-order valence-electron chi connectivity index (χ1n) is 10.8. The average molecular weight is 439 g/mol. The number of para-hydroxylation sites is 2. The van der Waals surface area contributed by atoms with Crippen LogP contribution < -0.4 is 16.0 Å². The van der Waals surface area contributed by atoms with Crippen molar-refractivity contribution in [2.75, 3.05) is 45.1 Å². The Morgan fingerprint density at radius 1 is 1.12 bits per heavy atom. The number of hydrogen-bond donors (Lipinski definition) is 3. The lowest BCUT2D eigenvalue weighted by Gasteiger charge is -2.18. The quantitative estimate of drug-likeness (QED) is 0.172. The number of nitro benzene ring substituents is 1. The number of guanidine groups is 1. The molecule has 1 heterocycles. The predicted octanol–water partition coefficient (Wildman–Crippen LogP) is 2.26. The van der Waals surface area contributed by atoms with E-state index in [2.05, 4.69) is 33.1 Å². The fourth-order valence-electron chi connectivity index (χ4n) is 3.74. The molecule has 3 N–H and O–H groups in total. The van der Waals surface area contributed by atoms with Crippen molar-refractivity contribution >= 4 is 23.2 Å². The Balaban J connectivity index is 1.36. The topological polar surface area (TPSA) is 112 Å². The standard InChI is InChI=1S/C23H30N6O3/c1-24-23(26-13-12-25-20-9-5-6-10-21(20)29(31)32)27-16-19-15-22(30)28(17-19)14-11-18-7-3-2-4-8-18/h2-10,19,25H,11-17H2,1H3,(H2,24,26,27). The third-order valence-corrected chi connectivity index (χ3v) is 5.42. The highest BCUT2D eigenvalue weighted by Gasteiger charge is 2.29. The SMILES string of the molecule is CN=C(NCCNc1ccccc1[N+](=O)[O-])NCC1CC(=O)N(CCc2ccccc2)C1. The number of carbonyl (C=O) groups is 1. The maximum absolute atomic E-state index is 12.3. The molecule has 2 aromatic rings. The van der Waals surface area contributed by atoms with E-state index >= 15 is 0 Å². The molecule has 1 aliphatic rings. The summed E-state index contributed by atoms with van der Waals surface area (Å²) in [5, 5.41) is 20.6. The van der Waals surface area contributed by atoms with Crippen molar-refractivity contribution < 1.29 is 9.72 Å². The molecule has 170 valence electrons. The molecule has 1 saturated heterocycles. The van der Waals surface area contributed by atoms with Crippen LogP contribution in [0, 0.1) is 16.0 Å². The number of hydrogen-bond acceptors (Lipinski definition) is 5. The normalized spacial score (nSPS) is 16.2. The number of nitrogens with zero attached hydrogens (tertiary/aromatic N) is 3. The fourth-order valence-corrected chi connectivity index (χ4v) is 3.74. The first-order valence-corrected chi connectivity index (χ1v) is 10.8. The summed E-state index contributed by atoms with van der Waals surface area (Å²) >= 11 is 0. The highest BCUT2D eigenvalue weighted by molar-refractivity contribution is 5.81. The Morgan fingerprint density at radius 2 is 1.88 bits per heavy atom. The van der Waals surface area contributed by atoms with E-state index in [4.69, 9.17) is 0 Å². The molecule has 9 nitrogen and oxygen atoms in total. The van der Waals surface area contributed by atoms with Crippen LogP contribution >= 0.6 is 0 Å². The van der Waals surface area contributed by atoms with Gasteiger partial charge >= 0.3 is 0 Å². The van der Waals surface area contributed by atoms with Gasteiger partial charge in [0.05, 0.1) is 4.92 Å². The number of amides is 1. The Hall–Kier alpha value is -3.62. The van der Waals surface area contributed by atoms with Gasteiger partial charge in [0.25, 0.3) is 5.69 Å². The van der Waals surface area contributed by atoms with Gasteiger partial charge in [0, 0.05) is 58.2 Å². The third kappa shape index (κ3) is 6.69. The van der Waals surface area contributed by atoms with Crippen molar-refractivity contribution in [1.82, 2.24) is 15.5 Å². The van der Waals surface area contributed by atoms with Crippen LogP contribution in [0.5, 0.6) is 0 Å². The summed E-state index contributed by atoms with van der Waals surface area (Å²) in [7, 11) is 1.69. The molecule has 2 aromatic carbocycles. The number of rotatable bonds is 10. The fraction of sp³-hybridized carbons (Fsp3) is 0.391. The molecule has 1 amide bonds. The van der Waals surface area contributed by atoms with Gasteiger partial charge in [-0.05, 0) is 18.1 Å². The number of nitro groups is 1. The van der Waals surface area contributed by atoms with E-state index in [-0.39, 0.29) is 17.5 Å². The largest absolute Gasteiger partial charge is 0.378 e. The molecule has 0 spiro atoms. The second-order valence-electron chi connectivity index (χ2n) is 7.73. The Kier molecular flexibility index (Phi) is 8.42. The van der Waals surface area contributed by atoms with E-state index in [9.17, 15) is 14.9 Å². The maximum atomic E-state index is 12.3. The van der Waals surface area contributed by atoms with Gasteiger partial charge in [-0.1, -0.05) is 42.5 Å². The summed E-state index contributed by atoms with van der Waals surface area (Å²) < 4.78 is 0. The number of anilines is 1. The zero-order valence-electron chi connectivity index (χ0n) is 18.3. The molecule has 0 radical (unpaired) electrons. The number of benzene rings is 2. The van der Waals surface area contributed by atoms with E-state index in [0.29, 0.717) is 37.7 Å². The maximum Gasteiger partial charge on any atom is 0.292 e. The van der Waals surface area contributed by atoms with Crippen LogP contribution in [0.15, 0.2) is 59.6 Å². The molecule has 0 aliphatic carbocycles. The zero-order valence-corrected chi connectivity index (χ0v) is 18.3. The van der Waals surface area contributed by atoms with Crippen LogP contribution in [-0.4, -0.2) is 61.5 Å². The molecule has 9 heteroatoms. The Bertz CT molecular complexity index is 934. The lowest BCUT2D eigenvalue weighted by Crippen LogP contribution is -2.42. The van der Waals surface area contributed by atoms with Crippen molar-refractivity contribution in [3.63, 3.8) is 0 Å². The third-order valence-electron chi connectivity index (χ3n) is 5.42. The highest BCUT2D eigenvalue weighted by Crippen LogP contribution is 2.22. The van der Waals surface area contributed by atoms with E-state index in [1.54, 1.807) is 25.2 Å². The lowest BCUT2D eigenvalue weighted by atomic mass is 10.1. The molecule has 0 aromatic heterocycles. The highest BCUT2D eigenvalue weighted by atomic mass is 16.6. The molecule has 3 rings (SSSR count). The van der Waals surface area contributed by atoms with Crippen LogP contribution in [0.2, 0.25) is 0 Å².